The molecule has 0 unspecified atom stereocenters. The second-order valence-corrected chi connectivity index (χ2v) is 9.58. The lowest BCUT2D eigenvalue weighted by molar-refractivity contribution is 0.102. The fourth-order valence-electron chi connectivity index (χ4n) is 2.71. The Morgan fingerprint density at radius 1 is 1.14 bits per heavy atom. The Hall–Kier alpha value is -2.68. The molecule has 2 heterocycles. The average Bonchev–Trinajstić information content (AvgIpc) is 3.29. The van der Waals surface area contributed by atoms with Gasteiger partial charge in [-0.15, -0.1) is 0 Å². The lowest BCUT2D eigenvalue weighted by Crippen LogP contribution is -2.12. The predicted octanol–water partition coefficient (Wildman–Crippen LogP) is 4.40. The molecule has 0 spiro atoms. The molecule has 0 aliphatic rings. The third-order valence-corrected chi connectivity index (χ3v) is 6.48. The number of rotatable bonds is 4. The Labute approximate surface area is 170 Å². The number of nitrogens with one attached hydrogen (secondary N) is 1. The number of hydrogen-bond donors (Lipinski definition) is 1. The summed E-state index contributed by atoms with van der Waals surface area (Å²) in [7, 11) is -3.31. The van der Waals surface area contributed by atoms with Crippen molar-refractivity contribution in [3.63, 3.8) is 0 Å². The lowest BCUT2D eigenvalue weighted by atomic mass is 10.2. The van der Waals surface area contributed by atoms with Crippen LogP contribution in [0.5, 0.6) is 0 Å². The summed E-state index contributed by atoms with van der Waals surface area (Å²) in [6, 6.07) is 13.6. The van der Waals surface area contributed by atoms with Gasteiger partial charge in [-0.2, -0.15) is 0 Å². The van der Waals surface area contributed by atoms with Crippen molar-refractivity contribution in [2.24, 2.45) is 0 Å². The van der Waals surface area contributed by atoms with E-state index in [1.54, 1.807) is 24.3 Å². The van der Waals surface area contributed by atoms with Crippen molar-refractivity contribution in [1.82, 2.24) is 9.55 Å². The molecule has 1 N–H and O–H groups in total. The number of fused-ring (bicyclic) bond motifs is 1. The first-order valence-electron chi connectivity index (χ1n) is 8.16. The fourth-order valence-corrected chi connectivity index (χ4v) is 4.53. The number of aromatic nitrogens is 2. The van der Waals surface area contributed by atoms with Crippen LogP contribution in [0.15, 0.2) is 65.8 Å². The summed E-state index contributed by atoms with van der Waals surface area (Å²) >= 11 is 7.42. The maximum Gasteiger partial charge on any atom is 0.259 e. The van der Waals surface area contributed by atoms with Gasteiger partial charge >= 0.3 is 0 Å². The lowest BCUT2D eigenvalue weighted by Gasteiger charge is -2.08. The van der Waals surface area contributed by atoms with E-state index in [1.807, 2.05) is 35.2 Å². The third-order valence-electron chi connectivity index (χ3n) is 4.11. The van der Waals surface area contributed by atoms with Gasteiger partial charge in [-0.3, -0.25) is 10.1 Å². The number of halogens is 1. The largest absolute Gasteiger partial charge is 0.324 e. The number of hydrogen-bond acceptors (Lipinski definition) is 5. The molecule has 0 bridgehead atoms. The molecule has 0 saturated heterocycles. The highest BCUT2D eigenvalue weighted by Crippen LogP contribution is 2.29. The zero-order chi connectivity index (χ0) is 19.9. The molecule has 0 aliphatic carbocycles. The van der Waals surface area contributed by atoms with Gasteiger partial charge in [0.25, 0.3) is 5.91 Å². The first-order valence-corrected chi connectivity index (χ1v) is 11.2. The summed E-state index contributed by atoms with van der Waals surface area (Å²) < 4.78 is 26.0. The zero-order valence-electron chi connectivity index (χ0n) is 14.6. The van der Waals surface area contributed by atoms with E-state index in [4.69, 9.17) is 11.6 Å². The molecule has 0 radical (unpaired) electrons. The number of benzene rings is 2. The normalized spacial score (nSPS) is 11.6. The quantitative estimate of drug-likeness (QED) is 0.519. The molecule has 4 rings (SSSR count). The van der Waals surface area contributed by atoms with Crippen LogP contribution in [0.2, 0.25) is 5.02 Å². The topological polar surface area (TPSA) is 81.1 Å². The van der Waals surface area contributed by atoms with Crippen LogP contribution in [0.1, 0.15) is 10.4 Å². The molecule has 0 atom stereocenters. The number of thiazole rings is 1. The number of sulfone groups is 1. The van der Waals surface area contributed by atoms with Crippen molar-refractivity contribution in [2.75, 3.05) is 11.6 Å². The van der Waals surface area contributed by atoms with Crippen LogP contribution >= 0.6 is 22.9 Å². The molecule has 9 heteroatoms. The number of nitrogens with zero attached hydrogens (tertiary/aromatic N) is 2. The van der Waals surface area contributed by atoms with Gasteiger partial charge in [-0.25, -0.2) is 13.4 Å². The van der Waals surface area contributed by atoms with E-state index in [1.165, 1.54) is 17.4 Å². The maximum atomic E-state index is 12.7. The average molecular weight is 432 g/mol. The Balaban J connectivity index is 1.64. The Bertz CT molecular complexity index is 1300. The van der Waals surface area contributed by atoms with Crippen molar-refractivity contribution in [3.05, 3.63) is 71.5 Å². The Morgan fingerprint density at radius 3 is 2.61 bits per heavy atom. The summed E-state index contributed by atoms with van der Waals surface area (Å²) in [5.74, 6) is -0.388. The van der Waals surface area contributed by atoms with Crippen molar-refractivity contribution in [2.45, 2.75) is 4.90 Å². The minimum Gasteiger partial charge on any atom is -0.324 e. The van der Waals surface area contributed by atoms with Crippen LogP contribution in [0.3, 0.4) is 0 Å². The summed E-state index contributed by atoms with van der Waals surface area (Å²) in [6.45, 7) is 0. The van der Waals surface area contributed by atoms with Gasteiger partial charge in [0.15, 0.2) is 15.0 Å². The predicted molar refractivity (Wildman–Crippen MR) is 111 cm³/mol. The van der Waals surface area contributed by atoms with Gasteiger partial charge in [0, 0.05) is 24.3 Å². The SMILES string of the molecule is CS(=O)(=O)c1ccc2nc(NC(=O)c3cc(-n4cccc4)ccc3Cl)sc2c1. The molecule has 0 fully saturated rings. The fraction of sp³-hybridized carbons (Fsp3) is 0.0526. The maximum absolute atomic E-state index is 12.7. The van der Waals surface area contributed by atoms with Crippen LogP contribution < -0.4 is 5.32 Å². The highest BCUT2D eigenvalue weighted by Gasteiger charge is 2.15. The van der Waals surface area contributed by atoms with Crippen molar-refractivity contribution in [1.29, 1.82) is 0 Å². The van der Waals surface area contributed by atoms with E-state index in [2.05, 4.69) is 10.3 Å². The summed E-state index contributed by atoms with van der Waals surface area (Å²) in [4.78, 5) is 17.3. The molecule has 6 nitrogen and oxygen atoms in total. The third kappa shape index (κ3) is 3.66. The molecule has 2 aromatic carbocycles. The minimum absolute atomic E-state index is 0.212. The first kappa shape index (κ1) is 18.7. The van der Waals surface area contributed by atoms with Crippen molar-refractivity contribution >= 4 is 54.0 Å². The van der Waals surface area contributed by atoms with E-state index in [0.717, 1.165) is 11.9 Å². The van der Waals surface area contributed by atoms with Gasteiger partial charge < -0.3 is 4.57 Å². The second-order valence-electron chi connectivity index (χ2n) is 6.13. The smallest absolute Gasteiger partial charge is 0.259 e. The standard InChI is InChI=1S/C19H14ClN3O3S2/c1-28(25,26)13-5-7-16-17(11-13)27-19(21-16)22-18(24)14-10-12(4-6-15(14)20)23-8-2-3-9-23/h2-11H,1H3,(H,21,22,24). The molecular formula is C19H14ClN3O3S2. The van der Waals surface area contributed by atoms with Crippen molar-refractivity contribution < 1.29 is 13.2 Å². The van der Waals surface area contributed by atoms with E-state index in [9.17, 15) is 13.2 Å². The first-order chi connectivity index (χ1) is 13.3. The molecule has 2 aromatic heterocycles. The van der Waals surface area contributed by atoms with Crippen LogP contribution in [-0.2, 0) is 9.84 Å². The number of anilines is 1. The van der Waals surface area contributed by atoms with Crippen LogP contribution in [-0.4, -0.2) is 30.1 Å². The Morgan fingerprint density at radius 2 is 1.89 bits per heavy atom. The number of carbonyl (C=O) groups is 1. The van der Waals surface area contributed by atoms with Crippen molar-refractivity contribution in [3.8, 4) is 5.69 Å². The summed E-state index contributed by atoms with van der Waals surface area (Å²) in [5.41, 5.74) is 1.74. The van der Waals surface area contributed by atoms with E-state index in [-0.39, 0.29) is 10.8 Å². The number of carbonyl (C=O) groups excluding carboxylic acids is 1. The van der Waals surface area contributed by atoms with Crippen LogP contribution in [0.4, 0.5) is 5.13 Å². The Kier molecular flexibility index (Phi) is 4.70. The molecule has 1 amide bonds. The second kappa shape index (κ2) is 7.05. The molecule has 142 valence electrons. The molecule has 4 aromatic rings. The summed E-state index contributed by atoms with van der Waals surface area (Å²) in [6.07, 6.45) is 4.90. The molecule has 0 saturated carbocycles. The van der Waals surface area contributed by atoms with E-state index >= 15 is 0 Å². The van der Waals surface area contributed by atoms with Gasteiger partial charge in [0.05, 0.1) is 25.7 Å². The monoisotopic (exact) mass is 431 g/mol. The van der Waals surface area contributed by atoms with Gasteiger partial charge in [0.1, 0.15) is 0 Å². The van der Waals surface area contributed by atoms with Gasteiger partial charge in [0.2, 0.25) is 0 Å². The van der Waals surface area contributed by atoms with E-state index < -0.39 is 9.84 Å². The minimum atomic E-state index is -3.31. The molecule has 0 aliphatic heterocycles. The zero-order valence-corrected chi connectivity index (χ0v) is 17.0. The highest BCUT2D eigenvalue weighted by atomic mass is 35.5. The van der Waals surface area contributed by atoms with Gasteiger partial charge in [-0.05, 0) is 48.5 Å². The number of amides is 1. The molecular weight excluding hydrogens is 418 g/mol. The van der Waals surface area contributed by atoms with E-state index in [0.29, 0.717) is 25.9 Å². The van der Waals surface area contributed by atoms with Gasteiger partial charge in [-0.1, -0.05) is 22.9 Å². The van der Waals surface area contributed by atoms with Crippen LogP contribution in [0.25, 0.3) is 15.9 Å². The highest BCUT2D eigenvalue weighted by molar-refractivity contribution is 7.90. The summed E-state index contributed by atoms with van der Waals surface area (Å²) in [5, 5.41) is 3.44. The van der Waals surface area contributed by atoms with Crippen LogP contribution in [0, 0.1) is 0 Å². The molecule has 28 heavy (non-hydrogen) atoms.